The number of rotatable bonds is 3. The van der Waals surface area contributed by atoms with Gasteiger partial charge in [-0.25, -0.2) is 24.3 Å². The molecule has 3 rings (SSSR count). The molecule has 3 aromatic rings. The highest BCUT2D eigenvalue weighted by Crippen LogP contribution is 2.10. The molecular weight excluding hydrogens is 283 g/mol. The van der Waals surface area contributed by atoms with Crippen molar-refractivity contribution in [1.29, 1.82) is 0 Å². The lowest BCUT2D eigenvalue weighted by Gasteiger charge is -2.09. The lowest BCUT2D eigenvalue weighted by atomic mass is 10.1. The number of hydrogen-bond acceptors (Lipinski definition) is 2. The van der Waals surface area contributed by atoms with Crippen LogP contribution in [-0.2, 0) is 6.54 Å². The van der Waals surface area contributed by atoms with Gasteiger partial charge in [0, 0.05) is 6.54 Å². The highest BCUT2D eigenvalue weighted by molar-refractivity contribution is 5.85. The number of halogens is 1. The molecule has 112 valence electrons. The summed E-state index contributed by atoms with van der Waals surface area (Å²) in [6, 6.07) is 11.9. The molecule has 0 aliphatic heterocycles. The van der Waals surface area contributed by atoms with Crippen molar-refractivity contribution < 1.29 is 9.18 Å². The number of carbonyl (C=O) groups is 1. The standard InChI is InChI=1S/C16H15FN4O/c1-11-8-12(6-7-13(11)17)9-18-16(22)20-21-10-19-14-4-2-3-5-15(14)21/h2-8,10H,9H2,1H3,(H2,18,20,22). The molecule has 22 heavy (non-hydrogen) atoms. The molecule has 0 saturated carbocycles. The van der Waals surface area contributed by atoms with E-state index >= 15 is 0 Å². The second-order valence-electron chi connectivity index (χ2n) is 4.98. The van der Waals surface area contributed by atoms with E-state index in [1.54, 1.807) is 30.1 Å². The first-order valence-corrected chi connectivity index (χ1v) is 6.85. The van der Waals surface area contributed by atoms with Gasteiger partial charge < -0.3 is 5.32 Å². The quantitative estimate of drug-likeness (QED) is 0.781. The normalized spacial score (nSPS) is 10.6. The van der Waals surface area contributed by atoms with Crippen molar-refractivity contribution in [1.82, 2.24) is 15.0 Å². The minimum absolute atomic E-state index is 0.252. The smallest absolute Gasteiger partial charge is 0.333 e. The highest BCUT2D eigenvalue weighted by atomic mass is 19.1. The van der Waals surface area contributed by atoms with Crippen LogP contribution in [0.4, 0.5) is 9.18 Å². The molecule has 2 amide bonds. The Labute approximate surface area is 126 Å². The van der Waals surface area contributed by atoms with Crippen LogP contribution in [0.5, 0.6) is 0 Å². The zero-order chi connectivity index (χ0) is 15.5. The third-order valence-corrected chi connectivity index (χ3v) is 3.35. The van der Waals surface area contributed by atoms with E-state index in [0.29, 0.717) is 12.1 Å². The van der Waals surface area contributed by atoms with Crippen molar-refractivity contribution in [3.63, 3.8) is 0 Å². The zero-order valence-electron chi connectivity index (χ0n) is 12.0. The summed E-state index contributed by atoms with van der Waals surface area (Å²) in [6.45, 7) is 2.01. The van der Waals surface area contributed by atoms with E-state index in [-0.39, 0.29) is 11.8 Å². The Kier molecular flexibility index (Phi) is 3.74. The Morgan fingerprint density at radius 2 is 2.09 bits per heavy atom. The molecule has 1 aromatic heterocycles. The number of nitrogens with zero attached hydrogens (tertiary/aromatic N) is 2. The SMILES string of the molecule is Cc1cc(CNC(=O)Nn2cnc3ccccc32)ccc1F. The van der Waals surface area contributed by atoms with Gasteiger partial charge in [0.25, 0.3) is 0 Å². The monoisotopic (exact) mass is 298 g/mol. The second-order valence-corrected chi connectivity index (χ2v) is 4.98. The van der Waals surface area contributed by atoms with E-state index in [4.69, 9.17) is 0 Å². The first-order chi connectivity index (χ1) is 10.6. The number of urea groups is 1. The summed E-state index contributed by atoms with van der Waals surface area (Å²) >= 11 is 0. The molecule has 2 aromatic carbocycles. The summed E-state index contributed by atoms with van der Waals surface area (Å²) in [6.07, 6.45) is 1.55. The summed E-state index contributed by atoms with van der Waals surface area (Å²) in [5.41, 5.74) is 5.70. The number of aromatic nitrogens is 2. The van der Waals surface area contributed by atoms with Gasteiger partial charge in [-0.15, -0.1) is 0 Å². The van der Waals surface area contributed by atoms with Crippen molar-refractivity contribution in [2.75, 3.05) is 5.43 Å². The summed E-state index contributed by atoms with van der Waals surface area (Å²) in [5, 5.41) is 2.73. The van der Waals surface area contributed by atoms with Crippen LogP contribution in [0.3, 0.4) is 0 Å². The number of para-hydroxylation sites is 2. The Bertz CT molecular complexity index is 828. The molecule has 6 heteroatoms. The summed E-state index contributed by atoms with van der Waals surface area (Å²) in [7, 11) is 0. The van der Waals surface area contributed by atoms with Gasteiger partial charge in [0.1, 0.15) is 12.1 Å². The van der Waals surface area contributed by atoms with Crippen molar-refractivity contribution in [2.24, 2.45) is 0 Å². The Hall–Kier alpha value is -2.89. The number of imidazole rings is 1. The number of benzene rings is 2. The van der Waals surface area contributed by atoms with Crippen LogP contribution in [0, 0.1) is 12.7 Å². The Morgan fingerprint density at radius 3 is 2.91 bits per heavy atom. The van der Waals surface area contributed by atoms with E-state index in [1.165, 1.54) is 6.07 Å². The molecule has 0 bridgehead atoms. The van der Waals surface area contributed by atoms with Gasteiger partial charge >= 0.3 is 6.03 Å². The fraction of sp³-hybridized carbons (Fsp3) is 0.125. The predicted octanol–water partition coefficient (Wildman–Crippen LogP) is 2.94. The van der Waals surface area contributed by atoms with Gasteiger partial charge in [0.2, 0.25) is 0 Å². The summed E-state index contributed by atoms with van der Waals surface area (Å²) < 4.78 is 14.7. The molecule has 2 N–H and O–H groups in total. The van der Waals surface area contributed by atoms with Crippen LogP contribution in [-0.4, -0.2) is 15.7 Å². The fourth-order valence-corrected chi connectivity index (χ4v) is 2.20. The number of amides is 2. The zero-order valence-corrected chi connectivity index (χ0v) is 12.0. The molecule has 5 nitrogen and oxygen atoms in total. The average Bonchev–Trinajstić information content (AvgIpc) is 2.92. The first-order valence-electron chi connectivity index (χ1n) is 6.85. The maximum atomic E-state index is 13.2. The third-order valence-electron chi connectivity index (χ3n) is 3.35. The number of aryl methyl sites for hydroxylation is 1. The fourth-order valence-electron chi connectivity index (χ4n) is 2.20. The predicted molar refractivity (Wildman–Crippen MR) is 82.5 cm³/mol. The summed E-state index contributed by atoms with van der Waals surface area (Å²) in [5.74, 6) is -0.252. The van der Waals surface area contributed by atoms with Gasteiger partial charge in [0.05, 0.1) is 11.0 Å². The van der Waals surface area contributed by atoms with Crippen molar-refractivity contribution >= 4 is 17.1 Å². The Morgan fingerprint density at radius 1 is 1.27 bits per heavy atom. The van der Waals surface area contributed by atoms with E-state index < -0.39 is 0 Å². The number of hydrogen-bond donors (Lipinski definition) is 2. The van der Waals surface area contributed by atoms with Crippen LogP contribution < -0.4 is 10.7 Å². The van der Waals surface area contributed by atoms with Crippen LogP contribution in [0.15, 0.2) is 48.8 Å². The summed E-state index contributed by atoms with van der Waals surface area (Å²) in [4.78, 5) is 16.1. The van der Waals surface area contributed by atoms with Crippen LogP contribution in [0.25, 0.3) is 11.0 Å². The van der Waals surface area contributed by atoms with E-state index in [0.717, 1.165) is 16.6 Å². The van der Waals surface area contributed by atoms with Crippen LogP contribution >= 0.6 is 0 Å². The molecular formula is C16H15FN4O. The van der Waals surface area contributed by atoms with Gasteiger partial charge in [-0.2, -0.15) is 0 Å². The van der Waals surface area contributed by atoms with E-state index in [9.17, 15) is 9.18 Å². The van der Waals surface area contributed by atoms with Crippen molar-refractivity contribution in [2.45, 2.75) is 13.5 Å². The van der Waals surface area contributed by atoms with E-state index in [1.807, 2.05) is 24.3 Å². The average molecular weight is 298 g/mol. The van der Waals surface area contributed by atoms with Gasteiger partial charge in [-0.1, -0.05) is 24.3 Å². The lowest BCUT2D eigenvalue weighted by Crippen LogP contribution is -2.33. The maximum Gasteiger partial charge on any atom is 0.334 e. The van der Waals surface area contributed by atoms with Crippen molar-refractivity contribution in [3.05, 3.63) is 65.7 Å². The van der Waals surface area contributed by atoms with Gasteiger partial charge in [-0.3, -0.25) is 0 Å². The molecule has 0 atom stereocenters. The first kappa shape index (κ1) is 14.1. The molecule has 0 aliphatic rings. The largest absolute Gasteiger partial charge is 0.334 e. The molecule has 1 heterocycles. The molecule has 0 unspecified atom stereocenters. The number of carbonyl (C=O) groups excluding carboxylic acids is 1. The van der Waals surface area contributed by atoms with E-state index in [2.05, 4.69) is 15.7 Å². The number of fused-ring (bicyclic) bond motifs is 1. The number of nitrogens with one attached hydrogen (secondary N) is 2. The minimum atomic E-state index is -0.356. The third kappa shape index (κ3) is 2.90. The second kappa shape index (κ2) is 5.85. The topological polar surface area (TPSA) is 59.0 Å². The lowest BCUT2D eigenvalue weighted by molar-refractivity contribution is 0.249. The maximum absolute atomic E-state index is 13.2. The van der Waals surface area contributed by atoms with Crippen LogP contribution in [0.2, 0.25) is 0 Å². The molecule has 0 aliphatic carbocycles. The van der Waals surface area contributed by atoms with Crippen molar-refractivity contribution in [3.8, 4) is 0 Å². The highest BCUT2D eigenvalue weighted by Gasteiger charge is 2.06. The minimum Gasteiger partial charge on any atom is -0.333 e. The molecule has 0 fully saturated rings. The molecule has 0 saturated heterocycles. The Balaban J connectivity index is 1.64. The molecule has 0 spiro atoms. The van der Waals surface area contributed by atoms with Gasteiger partial charge in [-0.05, 0) is 36.2 Å². The molecule has 0 radical (unpaired) electrons. The van der Waals surface area contributed by atoms with Gasteiger partial charge in [0.15, 0.2) is 0 Å². The van der Waals surface area contributed by atoms with Crippen LogP contribution in [0.1, 0.15) is 11.1 Å².